The van der Waals surface area contributed by atoms with E-state index in [1.807, 2.05) is 0 Å². The summed E-state index contributed by atoms with van der Waals surface area (Å²) in [5.74, 6) is -0.260. The van der Waals surface area contributed by atoms with Crippen LogP contribution in [0.1, 0.15) is 20.7 Å². The molecule has 2 unspecified atom stereocenters. The Labute approximate surface area is 169 Å². The molecule has 144 valence electrons. The molecule has 0 saturated carbocycles. The summed E-state index contributed by atoms with van der Waals surface area (Å²) in [4.78, 5) is 34.7. The number of rotatable bonds is 3. The molecule has 3 aliphatic heterocycles. The lowest BCUT2D eigenvalue weighted by Crippen LogP contribution is -2.47. The zero-order valence-electron chi connectivity index (χ0n) is 14.3. The topological polar surface area (TPSA) is 93.7 Å². The smallest absolute Gasteiger partial charge is 0.261 e. The second kappa shape index (κ2) is 6.66. The standard InChI is InChI=1S/C18H14Cl2N4O4/c19-10-5-21-18(20)23-15(10)22-11-6-27-14-12(7-28-13(11)14)24-16(25)8-3-1-2-4-9(8)17(24)26/h1-5,11-14H,6-7H2,(H,21,22,23)/t11-,12+,13?,14?/m1/s1. The molecular weight excluding hydrogens is 407 g/mol. The lowest BCUT2D eigenvalue weighted by Gasteiger charge is -2.25. The highest BCUT2D eigenvalue weighted by atomic mass is 35.5. The predicted molar refractivity (Wildman–Crippen MR) is 99.7 cm³/mol. The van der Waals surface area contributed by atoms with Gasteiger partial charge in [0, 0.05) is 0 Å². The van der Waals surface area contributed by atoms with E-state index in [4.69, 9.17) is 32.7 Å². The summed E-state index contributed by atoms with van der Waals surface area (Å²) in [5, 5.41) is 3.56. The second-order valence-electron chi connectivity index (χ2n) is 6.78. The summed E-state index contributed by atoms with van der Waals surface area (Å²) < 4.78 is 11.8. The molecule has 10 heteroatoms. The molecule has 2 saturated heterocycles. The molecule has 2 amide bonds. The summed E-state index contributed by atoms with van der Waals surface area (Å²) in [5.41, 5.74) is 0.817. The van der Waals surface area contributed by atoms with Gasteiger partial charge < -0.3 is 14.8 Å². The predicted octanol–water partition coefficient (Wildman–Crippen LogP) is 2.03. The molecule has 0 spiro atoms. The molecule has 1 aromatic heterocycles. The van der Waals surface area contributed by atoms with Crippen molar-refractivity contribution in [1.29, 1.82) is 0 Å². The van der Waals surface area contributed by atoms with Crippen molar-refractivity contribution in [3.05, 3.63) is 51.9 Å². The zero-order valence-corrected chi connectivity index (χ0v) is 15.9. The number of amides is 2. The first-order valence-corrected chi connectivity index (χ1v) is 9.45. The molecule has 1 N–H and O–H groups in total. The number of nitrogens with zero attached hydrogens (tertiary/aromatic N) is 3. The van der Waals surface area contributed by atoms with Crippen LogP contribution in [0.25, 0.3) is 0 Å². The van der Waals surface area contributed by atoms with Crippen LogP contribution in [0.5, 0.6) is 0 Å². The van der Waals surface area contributed by atoms with Crippen molar-refractivity contribution in [3.8, 4) is 0 Å². The van der Waals surface area contributed by atoms with Crippen LogP contribution in [0.3, 0.4) is 0 Å². The van der Waals surface area contributed by atoms with E-state index in [2.05, 4.69) is 15.3 Å². The number of fused-ring (bicyclic) bond motifs is 2. The highest BCUT2D eigenvalue weighted by molar-refractivity contribution is 6.33. The van der Waals surface area contributed by atoms with Crippen LogP contribution in [0, 0.1) is 0 Å². The minimum Gasteiger partial charge on any atom is -0.371 e. The van der Waals surface area contributed by atoms with Gasteiger partial charge in [-0.1, -0.05) is 23.7 Å². The molecule has 0 radical (unpaired) electrons. The normalized spacial score (nSPS) is 28.6. The van der Waals surface area contributed by atoms with Gasteiger partial charge in [-0.15, -0.1) is 0 Å². The van der Waals surface area contributed by atoms with Gasteiger partial charge in [-0.25, -0.2) is 4.98 Å². The monoisotopic (exact) mass is 420 g/mol. The largest absolute Gasteiger partial charge is 0.371 e. The Hall–Kier alpha value is -2.26. The first-order valence-electron chi connectivity index (χ1n) is 8.69. The number of nitrogens with one attached hydrogen (secondary N) is 1. The van der Waals surface area contributed by atoms with Crippen LogP contribution >= 0.6 is 23.2 Å². The van der Waals surface area contributed by atoms with E-state index in [9.17, 15) is 9.59 Å². The van der Waals surface area contributed by atoms with Crippen molar-refractivity contribution < 1.29 is 19.1 Å². The van der Waals surface area contributed by atoms with E-state index in [1.165, 1.54) is 11.1 Å². The van der Waals surface area contributed by atoms with Crippen LogP contribution in [-0.4, -0.2) is 64.2 Å². The number of aromatic nitrogens is 2. The van der Waals surface area contributed by atoms with Gasteiger partial charge in [0.1, 0.15) is 23.0 Å². The fourth-order valence-corrected chi connectivity index (χ4v) is 4.23. The van der Waals surface area contributed by atoms with Gasteiger partial charge in [0.25, 0.3) is 11.8 Å². The number of halogens is 2. The number of carbonyl (C=O) groups excluding carboxylic acids is 2. The van der Waals surface area contributed by atoms with Crippen LogP contribution < -0.4 is 5.32 Å². The van der Waals surface area contributed by atoms with Gasteiger partial charge in [-0.3, -0.25) is 14.5 Å². The molecule has 2 fully saturated rings. The van der Waals surface area contributed by atoms with Gasteiger partial charge in [0.2, 0.25) is 5.28 Å². The summed E-state index contributed by atoms with van der Waals surface area (Å²) in [6.45, 7) is 0.518. The average molecular weight is 421 g/mol. The maximum Gasteiger partial charge on any atom is 0.261 e. The van der Waals surface area contributed by atoms with E-state index in [1.54, 1.807) is 24.3 Å². The number of anilines is 1. The maximum absolute atomic E-state index is 12.8. The number of benzene rings is 1. The third-order valence-electron chi connectivity index (χ3n) is 5.22. The number of ether oxygens (including phenoxy) is 2. The molecule has 4 heterocycles. The highest BCUT2D eigenvalue weighted by Crippen LogP contribution is 2.36. The van der Waals surface area contributed by atoms with Crippen molar-refractivity contribution in [2.75, 3.05) is 18.5 Å². The number of hydrogen-bond acceptors (Lipinski definition) is 7. The Morgan fingerprint density at radius 3 is 2.43 bits per heavy atom. The Balaban J connectivity index is 1.36. The van der Waals surface area contributed by atoms with Crippen molar-refractivity contribution >= 4 is 40.8 Å². The minimum absolute atomic E-state index is 0.0682. The first kappa shape index (κ1) is 17.8. The third-order valence-corrected chi connectivity index (χ3v) is 5.68. The Kier molecular flexibility index (Phi) is 4.24. The van der Waals surface area contributed by atoms with Crippen molar-refractivity contribution in [2.24, 2.45) is 0 Å². The highest BCUT2D eigenvalue weighted by Gasteiger charge is 2.54. The number of imide groups is 1. The van der Waals surface area contributed by atoms with Crippen molar-refractivity contribution in [3.63, 3.8) is 0 Å². The molecular formula is C18H14Cl2N4O4. The lowest BCUT2D eigenvalue weighted by molar-refractivity contribution is 0.0316. The van der Waals surface area contributed by atoms with Crippen LogP contribution in [0.2, 0.25) is 10.3 Å². The molecule has 8 nitrogen and oxygen atoms in total. The van der Waals surface area contributed by atoms with Crippen LogP contribution in [-0.2, 0) is 9.47 Å². The third kappa shape index (κ3) is 2.68. The lowest BCUT2D eigenvalue weighted by atomic mass is 10.0. The quantitative estimate of drug-likeness (QED) is 0.599. The molecule has 2 aromatic rings. The fraction of sp³-hybridized carbons (Fsp3) is 0.333. The Morgan fingerprint density at radius 2 is 1.71 bits per heavy atom. The van der Waals surface area contributed by atoms with Gasteiger partial charge in [-0.05, 0) is 23.7 Å². The summed E-state index contributed by atoms with van der Waals surface area (Å²) in [7, 11) is 0. The number of hydrogen-bond donors (Lipinski definition) is 1. The molecule has 0 aliphatic carbocycles. The summed E-state index contributed by atoms with van der Waals surface area (Å²) in [6, 6.07) is 6.05. The Morgan fingerprint density at radius 1 is 1.04 bits per heavy atom. The van der Waals surface area contributed by atoms with E-state index in [0.717, 1.165) is 0 Å². The molecule has 3 aliphatic rings. The molecule has 1 aromatic carbocycles. The van der Waals surface area contributed by atoms with Gasteiger partial charge >= 0.3 is 0 Å². The zero-order chi connectivity index (χ0) is 19.4. The first-order chi connectivity index (χ1) is 13.5. The number of carbonyl (C=O) groups is 2. The van der Waals surface area contributed by atoms with E-state index < -0.39 is 12.1 Å². The van der Waals surface area contributed by atoms with E-state index >= 15 is 0 Å². The van der Waals surface area contributed by atoms with Gasteiger partial charge in [0.05, 0.1) is 42.6 Å². The minimum atomic E-state index is -0.492. The maximum atomic E-state index is 12.8. The molecule has 28 heavy (non-hydrogen) atoms. The summed E-state index contributed by atoms with van der Waals surface area (Å²) in [6.07, 6.45) is 0.610. The van der Waals surface area contributed by atoms with Crippen molar-refractivity contribution in [1.82, 2.24) is 14.9 Å². The fourth-order valence-electron chi connectivity index (χ4n) is 3.96. The average Bonchev–Trinajstić information content (AvgIpc) is 3.34. The second-order valence-corrected chi connectivity index (χ2v) is 7.52. The SMILES string of the molecule is O=C1c2ccccc2C(=O)N1[C@H]1COC2C1OC[C@H]2Nc1nc(Cl)ncc1Cl. The summed E-state index contributed by atoms with van der Waals surface area (Å²) >= 11 is 11.9. The Bertz CT molecular complexity index is 953. The van der Waals surface area contributed by atoms with Crippen LogP contribution in [0.15, 0.2) is 30.5 Å². The van der Waals surface area contributed by atoms with E-state index in [0.29, 0.717) is 28.6 Å². The van der Waals surface area contributed by atoms with Gasteiger partial charge in [0.15, 0.2) is 0 Å². The molecule has 5 rings (SSSR count). The molecule has 4 atom stereocenters. The van der Waals surface area contributed by atoms with Crippen molar-refractivity contribution in [2.45, 2.75) is 24.3 Å². The van der Waals surface area contributed by atoms with Crippen LogP contribution in [0.4, 0.5) is 5.82 Å². The van der Waals surface area contributed by atoms with Gasteiger partial charge in [-0.2, -0.15) is 4.98 Å². The van der Waals surface area contributed by atoms with E-state index in [-0.39, 0.29) is 35.9 Å². The molecule has 0 bridgehead atoms.